The number of aliphatic hydroxyl groups is 1. The smallest absolute Gasteiger partial charge is 0.462 e. The molecule has 3 N–H and O–H groups in total. The Kier molecular flexibility index (Phi) is 71.8. The zero-order chi connectivity index (χ0) is 74.6. The summed E-state index contributed by atoms with van der Waals surface area (Å²) in [5.41, 5.74) is 0. The monoisotopic (exact) mass is 1470 g/mol. The van der Waals surface area contributed by atoms with Gasteiger partial charge in [0.05, 0.1) is 26.4 Å². The van der Waals surface area contributed by atoms with Crippen LogP contribution in [0.3, 0.4) is 0 Å². The summed E-state index contributed by atoms with van der Waals surface area (Å²) in [6.07, 6.45) is 80.6. The molecule has 588 valence electrons. The van der Waals surface area contributed by atoms with Crippen LogP contribution in [0.15, 0.2) is 109 Å². The highest BCUT2D eigenvalue weighted by Crippen LogP contribution is 2.45. The fourth-order valence-corrected chi connectivity index (χ4v) is 12.2. The minimum Gasteiger partial charge on any atom is -0.462 e. The highest BCUT2D eigenvalue weighted by atomic mass is 31.2. The molecule has 0 fully saturated rings. The average Bonchev–Trinajstić information content (AvgIpc) is 0.908. The number of hydrogen-bond donors (Lipinski definition) is 3. The van der Waals surface area contributed by atoms with E-state index in [1.54, 1.807) is 0 Å². The average molecular weight is 1480 g/mol. The summed E-state index contributed by atoms with van der Waals surface area (Å²) in [5.74, 6) is -2.22. The van der Waals surface area contributed by atoms with Gasteiger partial charge in [0.2, 0.25) is 0 Å². The number of rotatable bonds is 75. The molecule has 0 spiro atoms. The molecule has 17 nitrogen and oxygen atoms in total. The van der Waals surface area contributed by atoms with E-state index in [0.717, 1.165) is 193 Å². The van der Waals surface area contributed by atoms with Crippen LogP contribution in [0, 0.1) is 0 Å². The molecule has 19 heteroatoms. The number of carbonyl (C=O) groups is 4. The van der Waals surface area contributed by atoms with E-state index in [9.17, 15) is 43.2 Å². The first kappa shape index (κ1) is 97.7. The van der Waals surface area contributed by atoms with Crippen molar-refractivity contribution in [1.82, 2.24) is 0 Å². The summed E-state index contributed by atoms with van der Waals surface area (Å²) in [5, 5.41) is 10.6. The fraction of sp³-hybridized carbons (Fsp3) is 0.735. The molecule has 5 unspecified atom stereocenters. The van der Waals surface area contributed by atoms with Crippen LogP contribution in [0.25, 0.3) is 0 Å². The standard InChI is InChI=1S/C83H144O17P2/c1-5-9-13-17-21-25-29-33-36-38-41-44-47-51-55-59-63-67-80(85)93-73-78(99-82(87)69-65-61-57-53-49-43-32-28-24-20-16-12-8-4)75-97-101(89,90)95-71-77(84)72-96-102(91,92)98-76-79(100-83(88)70-66-62-58-54-50-46-40-35-31-27-23-19-15-11-7-3)74-94-81(86)68-64-60-56-52-48-45-42-39-37-34-30-26-22-18-14-10-6-2/h9-10,13-14,21-22,25-26,28,32-37,40-41,44,77-79,84H,5-8,11-12,15-20,23-24,27,29-31,38-39,42-43,45-76H2,1-4H3,(H,89,90)(H,91,92)/b13-9-,14-10-,25-21-,26-22-,32-28-,36-33-,37-34-,40-35-,44-41-. The van der Waals surface area contributed by atoms with Crippen molar-refractivity contribution in [1.29, 1.82) is 0 Å². The molecule has 0 saturated heterocycles. The van der Waals surface area contributed by atoms with Gasteiger partial charge in [-0.15, -0.1) is 0 Å². The molecule has 0 aromatic rings. The third-order valence-corrected chi connectivity index (χ3v) is 18.6. The van der Waals surface area contributed by atoms with E-state index in [4.69, 9.17) is 37.0 Å². The molecule has 0 aliphatic rings. The molecule has 0 amide bonds. The van der Waals surface area contributed by atoms with Crippen molar-refractivity contribution in [2.24, 2.45) is 0 Å². The van der Waals surface area contributed by atoms with Crippen molar-refractivity contribution in [3.05, 3.63) is 109 Å². The molecule has 0 bridgehead atoms. The SMILES string of the molecule is CC/C=C\C/C=C\C/C=C\C/C=C\CCCCCCC(=O)OCC(COP(=O)(O)OCC(O)COP(=O)(O)OCC(COC(=O)CCCCCCCCC/C=C\C/C=C\C/C=C\CC)OC(=O)CCCCCCC/C=C\CCCCCCCC)OC(=O)CCCCCCC/C=C\CCCCCC. The third kappa shape index (κ3) is 74.0. The van der Waals surface area contributed by atoms with Crippen molar-refractivity contribution >= 4 is 39.5 Å². The van der Waals surface area contributed by atoms with E-state index < -0.39 is 97.5 Å². The van der Waals surface area contributed by atoms with Crippen molar-refractivity contribution < 1.29 is 80.2 Å². The van der Waals surface area contributed by atoms with Crippen molar-refractivity contribution in [3.8, 4) is 0 Å². The van der Waals surface area contributed by atoms with Gasteiger partial charge in [-0.1, -0.05) is 272 Å². The summed E-state index contributed by atoms with van der Waals surface area (Å²) >= 11 is 0. The predicted molar refractivity (Wildman–Crippen MR) is 418 cm³/mol. The summed E-state index contributed by atoms with van der Waals surface area (Å²) < 4.78 is 68.6. The molecule has 0 aliphatic carbocycles. The number of aliphatic hydroxyl groups excluding tert-OH is 1. The maximum absolute atomic E-state index is 13.1. The molecule has 0 radical (unpaired) electrons. The minimum atomic E-state index is -4.98. The van der Waals surface area contributed by atoms with Crippen LogP contribution in [0.2, 0.25) is 0 Å². The van der Waals surface area contributed by atoms with Gasteiger partial charge >= 0.3 is 39.5 Å². The Hall–Kier alpha value is -4.28. The number of carbonyl (C=O) groups excluding carboxylic acids is 4. The van der Waals surface area contributed by atoms with Crippen LogP contribution < -0.4 is 0 Å². The van der Waals surface area contributed by atoms with Crippen molar-refractivity contribution in [2.45, 2.75) is 354 Å². The van der Waals surface area contributed by atoms with Gasteiger partial charge in [0, 0.05) is 25.7 Å². The van der Waals surface area contributed by atoms with Gasteiger partial charge in [0.25, 0.3) is 0 Å². The second-order valence-electron chi connectivity index (χ2n) is 26.6. The third-order valence-electron chi connectivity index (χ3n) is 16.7. The molecular formula is C83H144O17P2. The topological polar surface area (TPSA) is 237 Å². The van der Waals surface area contributed by atoms with E-state index in [1.165, 1.54) is 64.2 Å². The Morgan fingerprint density at radius 1 is 0.284 bits per heavy atom. The zero-order valence-electron chi connectivity index (χ0n) is 64.3. The van der Waals surface area contributed by atoms with Gasteiger partial charge < -0.3 is 33.8 Å². The van der Waals surface area contributed by atoms with E-state index >= 15 is 0 Å². The van der Waals surface area contributed by atoms with Gasteiger partial charge in [0.15, 0.2) is 12.2 Å². The summed E-state index contributed by atoms with van der Waals surface area (Å²) in [4.78, 5) is 73.0. The van der Waals surface area contributed by atoms with Crippen LogP contribution >= 0.6 is 15.6 Å². The van der Waals surface area contributed by atoms with E-state index in [2.05, 4.69) is 137 Å². The first-order valence-corrected chi connectivity index (χ1v) is 43.1. The highest BCUT2D eigenvalue weighted by molar-refractivity contribution is 7.47. The lowest BCUT2D eigenvalue weighted by atomic mass is 10.1. The van der Waals surface area contributed by atoms with E-state index in [0.29, 0.717) is 25.7 Å². The largest absolute Gasteiger partial charge is 0.472 e. The van der Waals surface area contributed by atoms with E-state index in [1.807, 2.05) is 0 Å². The van der Waals surface area contributed by atoms with Crippen LogP contribution in [0.5, 0.6) is 0 Å². The Balaban J connectivity index is 5.37. The van der Waals surface area contributed by atoms with Gasteiger partial charge in [-0.25, -0.2) is 9.13 Å². The number of hydrogen-bond acceptors (Lipinski definition) is 15. The molecule has 0 aromatic carbocycles. The number of phosphoric ester groups is 2. The summed E-state index contributed by atoms with van der Waals surface area (Å²) in [6, 6.07) is 0. The molecule has 0 heterocycles. The minimum absolute atomic E-state index is 0.0784. The first-order valence-electron chi connectivity index (χ1n) is 40.1. The second kappa shape index (κ2) is 75.0. The second-order valence-corrected chi connectivity index (χ2v) is 29.5. The number of esters is 4. The quantitative estimate of drug-likeness (QED) is 0.0169. The number of allylic oxidation sites excluding steroid dienone is 18. The predicted octanol–water partition coefficient (Wildman–Crippen LogP) is 23.3. The van der Waals surface area contributed by atoms with Gasteiger partial charge in [-0.2, -0.15) is 0 Å². The number of ether oxygens (including phenoxy) is 4. The summed E-state index contributed by atoms with van der Waals surface area (Å²) in [6.45, 7) is 4.61. The lowest BCUT2D eigenvalue weighted by Gasteiger charge is -2.21. The fourth-order valence-electron chi connectivity index (χ4n) is 10.6. The molecule has 0 saturated carbocycles. The van der Waals surface area contributed by atoms with Crippen LogP contribution in [0.1, 0.15) is 336 Å². The molecule has 102 heavy (non-hydrogen) atoms. The van der Waals surface area contributed by atoms with Crippen molar-refractivity contribution in [2.75, 3.05) is 39.6 Å². The lowest BCUT2D eigenvalue weighted by molar-refractivity contribution is -0.161. The molecular weight excluding hydrogens is 1330 g/mol. The Labute approximate surface area is 619 Å². The molecule has 0 aromatic heterocycles. The van der Waals surface area contributed by atoms with Crippen LogP contribution in [-0.4, -0.2) is 96.7 Å². The maximum atomic E-state index is 13.1. The Morgan fingerprint density at radius 3 is 0.804 bits per heavy atom. The van der Waals surface area contributed by atoms with Gasteiger partial charge in [0.1, 0.15) is 19.3 Å². The molecule has 5 atom stereocenters. The van der Waals surface area contributed by atoms with Crippen LogP contribution in [-0.2, 0) is 65.4 Å². The first-order chi connectivity index (χ1) is 49.7. The molecule has 0 rings (SSSR count). The zero-order valence-corrected chi connectivity index (χ0v) is 66.0. The summed E-state index contributed by atoms with van der Waals surface area (Å²) in [7, 11) is -9.97. The lowest BCUT2D eigenvalue weighted by Crippen LogP contribution is -2.30. The normalized spacial score (nSPS) is 14.5. The maximum Gasteiger partial charge on any atom is 0.472 e. The number of unbranched alkanes of at least 4 members (excludes halogenated alkanes) is 31. The van der Waals surface area contributed by atoms with Gasteiger partial charge in [-0.05, 0) is 148 Å². The molecule has 0 aliphatic heterocycles. The van der Waals surface area contributed by atoms with Crippen molar-refractivity contribution in [3.63, 3.8) is 0 Å². The van der Waals surface area contributed by atoms with Crippen LogP contribution in [0.4, 0.5) is 0 Å². The highest BCUT2D eigenvalue weighted by Gasteiger charge is 2.30. The van der Waals surface area contributed by atoms with E-state index in [-0.39, 0.29) is 25.7 Å². The Bertz CT molecular complexity index is 2360. The van der Waals surface area contributed by atoms with Gasteiger partial charge in [-0.3, -0.25) is 37.3 Å². The number of phosphoric acid groups is 2. The Morgan fingerprint density at radius 2 is 0.510 bits per heavy atom.